The van der Waals surface area contributed by atoms with Crippen LogP contribution < -0.4 is 5.32 Å². The predicted octanol–water partition coefficient (Wildman–Crippen LogP) is 3.82. The number of ether oxygens (including phenoxy) is 1. The molecule has 4 nitrogen and oxygen atoms in total. The van der Waals surface area contributed by atoms with E-state index in [9.17, 15) is 9.59 Å². The highest BCUT2D eigenvalue weighted by Gasteiger charge is 2.01. The Labute approximate surface area is 145 Å². The van der Waals surface area contributed by atoms with Crippen molar-refractivity contribution in [3.05, 3.63) is 70.2 Å². The maximum atomic E-state index is 11.5. The van der Waals surface area contributed by atoms with Crippen molar-refractivity contribution >= 4 is 24.0 Å². The number of aldehydes is 1. The summed E-state index contributed by atoms with van der Waals surface area (Å²) >= 11 is 6.02. The van der Waals surface area contributed by atoms with Gasteiger partial charge in [0.25, 0.3) is 0 Å². The van der Waals surface area contributed by atoms with Crippen LogP contribution in [0.2, 0.25) is 5.02 Å². The Morgan fingerprint density at radius 2 is 2.00 bits per heavy atom. The summed E-state index contributed by atoms with van der Waals surface area (Å²) in [4.78, 5) is 22.2. The number of carbonyl (C=O) groups is 2. The molecule has 0 radical (unpaired) electrons. The Morgan fingerprint density at radius 1 is 1.21 bits per heavy atom. The van der Waals surface area contributed by atoms with Gasteiger partial charge >= 0.3 is 6.09 Å². The summed E-state index contributed by atoms with van der Waals surface area (Å²) in [6.07, 6.45) is 0.717. The van der Waals surface area contributed by atoms with Crippen molar-refractivity contribution < 1.29 is 14.3 Å². The smallest absolute Gasteiger partial charge is 0.407 e. The average molecular weight is 342 g/mol. The number of hydrogen-bond acceptors (Lipinski definition) is 3. The zero-order chi connectivity index (χ0) is 17.2. The second-order valence-corrected chi connectivity index (χ2v) is 5.30. The van der Waals surface area contributed by atoms with E-state index in [-0.39, 0.29) is 6.61 Å². The highest BCUT2D eigenvalue weighted by atomic mass is 35.5. The standard InChI is InChI=1S/C19H16ClNO3/c20-18-12-16(13-22)9-10-17(18)8-4-5-11-21-19(23)24-14-15-6-2-1-3-7-15/h1-3,6-7,9-10,12-13H,5,11,14H2,(H,21,23). The molecule has 0 saturated carbocycles. The van der Waals surface area contributed by atoms with Crippen LogP contribution in [0, 0.1) is 11.8 Å². The van der Waals surface area contributed by atoms with Gasteiger partial charge in [-0.15, -0.1) is 0 Å². The topological polar surface area (TPSA) is 55.4 Å². The second-order valence-electron chi connectivity index (χ2n) is 4.90. The summed E-state index contributed by atoms with van der Waals surface area (Å²) in [6.45, 7) is 0.613. The monoisotopic (exact) mass is 341 g/mol. The minimum atomic E-state index is -0.478. The first-order chi connectivity index (χ1) is 11.7. The number of rotatable bonds is 5. The maximum Gasteiger partial charge on any atom is 0.407 e. The van der Waals surface area contributed by atoms with E-state index in [4.69, 9.17) is 16.3 Å². The van der Waals surface area contributed by atoms with Crippen molar-refractivity contribution in [3.8, 4) is 11.8 Å². The predicted molar refractivity (Wildman–Crippen MR) is 93.0 cm³/mol. The Balaban J connectivity index is 1.71. The van der Waals surface area contributed by atoms with E-state index in [1.165, 1.54) is 0 Å². The molecule has 2 aromatic carbocycles. The molecule has 0 bridgehead atoms. The molecule has 0 heterocycles. The molecular formula is C19H16ClNO3. The van der Waals surface area contributed by atoms with Gasteiger partial charge in [0.1, 0.15) is 12.9 Å². The Kier molecular flexibility index (Phi) is 6.88. The number of alkyl carbamates (subject to hydrolysis) is 1. The molecule has 0 fully saturated rings. The van der Waals surface area contributed by atoms with Crippen LogP contribution in [0.5, 0.6) is 0 Å². The average Bonchev–Trinajstić information content (AvgIpc) is 2.61. The fourth-order valence-corrected chi connectivity index (χ4v) is 2.10. The highest BCUT2D eigenvalue weighted by molar-refractivity contribution is 6.32. The van der Waals surface area contributed by atoms with Crippen molar-refractivity contribution in [3.63, 3.8) is 0 Å². The van der Waals surface area contributed by atoms with Crippen LogP contribution in [0.1, 0.15) is 27.9 Å². The lowest BCUT2D eigenvalue weighted by atomic mass is 10.1. The van der Waals surface area contributed by atoms with E-state index in [1.807, 2.05) is 30.3 Å². The minimum Gasteiger partial charge on any atom is -0.445 e. The van der Waals surface area contributed by atoms with Gasteiger partial charge in [-0.3, -0.25) is 4.79 Å². The Bertz CT molecular complexity index is 763. The third-order valence-corrected chi connectivity index (χ3v) is 3.40. The maximum absolute atomic E-state index is 11.5. The molecule has 1 amide bonds. The zero-order valence-electron chi connectivity index (χ0n) is 12.9. The fourth-order valence-electron chi connectivity index (χ4n) is 1.86. The van der Waals surface area contributed by atoms with Crippen molar-refractivity contribution in [2.45, 2.75) is 13.0 Å². The fraction of sp³-hybridized carbons (Fsp3) is 0.158. The zero-order valence-corrected chi connectivity index (χ0v) is 13.7. The second kappa shape index (κ2) is 9.39. The lowest BCUT2D eigenvalue weighted by Gasteiger charge is -2.05. The van der Waals surface area contributed by atoms with Gasteiger partial charge in [-0.2, -0.15) is 0 Å². The molecule has 0 aliphatic carbocycles. The van der Waals surface area contributed by atoms with Gasteiger partial charge in [0.05, 0.1) is 5.02 Å². The number of carbonyl (C=O) groups excluding carboxylic acids is 2. The first kappa shape index (κ1) is 17.6. The van der Waals surface area contributed by atoms with E-state index in [0.717, 1.165) is 11.8 Å². The molecule has 122 valence electrons. The van der Waals surface area contributed by atoms with E-state index in [1.54, 1.807) is 18.2 Å². The van der Waals surface area contributed by atoms with Gasteiger partial charge < -0.3 is 10.1 Å². The summed E-state index contributed by atoms with van der Waals surface area (Å²) in [6, 6.07) is 14.4. The van der Waals surface area contributed by atoms with Crippen molar-refractivity contribution in [1.82, 2.24) is 5.32 Å². The SMILES string of the molecule is O=Cc1ccc(C#CCCNC(=O)OCc2ccccc2)c(Cl)c1. The third-order valence-electron chi connectivity index (χ3n) is 3.08. The van der Waals surface area contributed by atoms with Crippen LogP contribution >= 0.6 is 11.6 Å². The Hall–Kier alpha value is -2.77. The normalized spacial score (nSPS) is 9.54. The van der Waals surface area contributed by atoms with Crippen LogP contribution in [-0.2, 0) is 11.3 Å². The highest BCUT2D eigenvalue weighted by Crippen LogP contribution is 2.15. The van der Waals surface area contributed by atoms with E-state index < -0.39 is 6.09 Å². The molecule has 24 heavy (non-hydrogen) atoms. The Morgan fingerprint density at radius 3 is 2.71 bits per heavy atom. The number of amides is 1. The molecule has 0 spiro atoms. The molecule has 0 aromatic heterocycles. The van der Waals surface area contributed by atoms with Crippen molar-refractivity contribution in [2.75, 3.05) is 6.54 Å². The first-order valence-corrected chi connectivity index (χ1v) is 7.75. The lowest BCUT2D eigenvalue weighted by molar-refractivity contribution is 0.112. The van der Waals surface area contributed by atoms with Crippen molar-refractivity contribution in [2.24, 2.45) is 0 Å². The molecular weight excluding hydrogens is 326 g/mol. The quantitative estimate of drug-likeness (QED) is 0.511. The molecule has 0 saturated heterocycles. The molecule has 0 atom stereocenters. The van der Waals surface area contributed by atoms with Gasteiger partial charge in [-0.25, -0.2) is 4.79 Å². The lowest BCUT2D eigenvalue weighted by Crippen LogP contribution is -2.24. The van der Waals surface area contributed by atoms with Crippen LogP contribution in [0.3, 0.4) is 0 Å². The number of halogens is 1. The summed E-state index contributed by atoms with van der Waals surface area (Å²) in [5.74, 6) is 5.82. The largest absolute Gasteiger partial charge is 0.445 e. The van der Waals surface area contributed by atoms with E-state index in [2.05, 4.69) is 17.2 Å². The molecule has 2 rings (SSSR count). The number of benzene rings is 2. The van der Waals surface area contributed by atoms with Crippen molar-refractivity contribution in [1.29, 1.82) is 0 Å². The first-order valence-electron chi connectivity index (χ1n) is 7.37. The van der Waals surface area contributed by atoms with Crippen LogP contribution in [0.15, 0.2) is 48.5 Å². The molecule has 0 unspecified atom stereocenters. The van der Waals surface area contributed by atoms with E-state index in [0.29, 0.717) is 29.1 Å². The number of nitrogens with one attached hydrogen (secondary N) is 1. The molecule has 5 heteroatoms. The summed E-state index contributed by atoms with van der Waals surface area (Å²) < 4.78 is 5.09. The third kappa shape index (κ3) is 5.79. The van der Waals surface area contributed by atoms with E-state index >= 15 is 0 Å². The number of hydrogen-bond donors (Lipinski definition) is 1. The summed E-state index contributed by atoms with van der Waals surface area (Å²) in [5.41, 5.74) is 2.09. The van der Waals surface area contributed by atoms with Gasteiger partial charge in [-0.05, 0) is 17.7 Å². The van der Waals surface area contributed by atoms with Gasteiger partial charge in [0.2, 0.25) is 0 Å². The van der Waals surface area contributed by atoms with Gasteiger partial charge in [0, 0.05) is 24.1 Å². The van der Waals surface area contributed by atoms with Crippen LogP contribution in [0.4, 0.5) is 4.79 Å². The van der Waals surface area contributed by atoms with Crippen LogP contribution in [0.25, 0.3) is 0 Å². The van der Waals surface area contributed by atoms with Gasteiger partial charge in [-0.1, -0.05) is 59.8 Å². The van der Waals surface area contributed by atoms with Crippen LogP contribution in [-0.4, -0.2) is 18.9 Å². The molecule has 0 aliphatic rings. The minimum absolute atomic E-state index is 0.233. The summed E-state index contributed by atoms with van der Waals surface area (Å²) in [7, 11) is 0. The molecule has 2 aromatic rings. The molecule has 1 N–H and O–H groups in total. The molecule has 0 aliphatic heterocycles. The summed E-state index contributed by atoms with van der Waals surface area (Å²) in [5, 5.41) is 3.06. The van der Waals surface area contributed by atoms with Gasteiger partial charge in [0.15, 0.2) is 0 Å².